The number of rotatable bonds is 3. The summed E-state index contributed by atoms with van der Waals surface area (Å²) in [4.78, 5) is 27.3. The fourth-order valence-corrected chi connectivity index (χ4v) is 5.60. The number of carbonyl (C=O) groups excluding carboxylic acids is 2. The molecule has 4 rings (SSSR count). The summed E-state index contributed by atoms with van der Waals surface area (Å²) in [5, 5.41) is 32.4. The van der Waals surface area contributed by atoms with E-state index in [1.165, 1.54) is 0 Å². The van der Waals surface area contributed by atoms with E-state index in [-0.39, 0.29) is 64.8 Å². The van der Waals surface area contributed by atoms with Crippen molar-refractivity contribution in [1.82, 2.24) is 0 Å². The third-order valence-corrected chi connectivity index (χ3v) is 7.16. The first-order valence-electron chi connectivity index (χ1n) is 10.8. The van der Waals surface area contributed by atoms with Gasteiger partial charge >= 0.3 is 0 Å². The van der Waals surface area contributed by atoms with Gasteiger partial charge in [-0.2, -0.15) is 0 Å². The van der Waals surface area contributed by atoms with Crippen LogP contribution in [0.4, 0.5) is 5.69 Å². The molecule has 31 heavy (non-hydrogen) atoms. The molecule has 0 radical (unpaired) electrons. The van der Waals surface area contributed by atoms with E-state index in [1.54, 1.807) is 0 Å². The first-order chi connectivity index (χ1) is 14.5. The van der Waals surface area contributed by atoms with Crippen LogP contribution in [0, 0.1) is 17.8 Å². The molecule has 0 spiro atoms. The lowest BCUT2D eigenvalue weighted by molar-refractivity contribution is -0.115. The van der Waals surface area contributed by atoms with Gasteiger partial charge in [0.2, 0.25) is 5.91 Å². The third-order valence-electron chi connectivity index (χ3n) is 7.16. The fraction of sp³-hybridized carbons (Fsp3) is 0.500. The van der Waals surface area contributed by atoms with Crippen LogP contribution in [0.25, 0.3) is 0 Å². The quantitative estimate of drug-likeness (QED) is 0.587. The second-order valence-corrected chi connectivity index (χ2v) is 9.57. The van der Waals surface area contributed by atoms with Gasteiger partial charge in [0.05, 0.1) is 11.1 Å². The monoisotopic (exact) mass is 426 g/mol. The minimum absolute atomic E-state index is 0.0132. The molecular weight excluding hydrogens is 396 g/mol. The van der Waals surface area contributed by atoms with Crippen molar-refractivity contribution >= 4 is 17.4 Å². The highest BCUT2D eigenvalue weighted by Crippen LogP contribution is 2.52. The number of hydrogen-bond donors (Lipinski definition) is 4. The summed E-state index contributed by atoms with van der Waals surface area (Å²) in [6, 6.07) is 1.95. The van der Waals surface area contributed by atoms with Crippen LogP contribution in [-0.4, -0.2) is 41.1 Å². The number of aliphatic hydroxyl groups is 2. The molecule has 1 amide bonds. The molecule has 3 aliphatic rings. The summed E-state index contributed by atoms with van der Waals surface area (Å²) in [5.41, 5.74) is 8.52. The zero-order valence-electron chi connectivity index (χ0n) is 18.4. The van der Waals surface area contributed by atoms with E-state index in [2.05, 4.69) is 0 Å². The van der Waals surface area contributed by atoms with E-state index in [9.17, 15) is 24.9 Å². The van der Waals surface area contributed by atoms with Gasteiger partial charge in [0.15, 0.2) is 5.78 Å². The topological polar surface area (TPSA) is 124 Å². The molecule has 7 nitrogen and oxygen atoms in total. The van der Waals surface area contributed by atoms with Gasteiger partial charge in [-0.05, 0) is 54.2 Å². The average Bonchev–Trinajstić information content (AvgIpc) is 2.66. The van der Waals surface area contributed by atoms with E-state index >= 15 is 0 Å². The lowest BCUT2D eigenvalue weighted by atomic mass is 9.62. The Balaban J connectivity index is 1.86. The number of Topliss-reactive ketones (excluding diaryl/α,β-unsaturated/α-hetero) is 1. The van der Waals surface area contributed by atoms with E-state index in [1.807, 2.05) is 38.9 Å². The summed E-state index contributed by atoms with van der Waals surface area (Å²) in [7, 11) is 3.83. The number of fused-ring (bicyclic) bond motifs is 3. The average molecular weight is 427 g/mol. The number of phenols is 1. The molecular formula is C24H30N2O5. The molecule has 1 aromatic rings. The Morgan fingerprint density at radius 1 is 1.16 bits per heavy atom. The number of primary amides is 1. The van der Waals surface area contributed by atoms with E-state index in [0.717, 1.165) is 11.3 Å². The predicted molar refractivity (Wildman–Crippen MR) is 117 cm³/mol. The maximum absolute atomic E-state index is 13.6. The molecule has 1 aromatic carbocycles. The highest BCUT2D eigenvalue weighted by molar-refractivity contribution is 6.14. The molecule has 3 unspecified atom stereocenters. The standard InChI is InChI=1S/C24H30N2O5/c1-10(2)13-9-17(26(3)4)15-6-12-5-11-7-18(27)16(24(25)31)8-14(11)22(29)19(12)23(30)20(15)21(13)28/h9-12,14,27-29H,5-8H2,1-4H3,(H2,25,31). The number of anilines is 1. The van der Waals surface area contributed by atoms with Gasteiger partial charge < -0.3 is 26.0 Å². The smallest absolute Gasteiger partial charge is 0.248 e. The van der Waals surface area contributed by atoms with Crippen LogP contribution in [0.5, 0.6) is 5.75 Å². The zero-order chi connectivity index (χ0) is 22.8. The number of aromatic hydroxyl groups is 1. The molecule has 3 aliphatic carbocycles. The Kier molecular flexibility index (Phi) is 5.03. The largest absolute Gasteiger partial charge is 0.512 e. The first-order valence-corrected chi connectivity index (χ1v) is 10.8. The molecule has 3 atom stereocenters. The lowest BCUT2D eigenvalue weighted by Gasteiger charge is -2.42. The number of amides is 1. The van der Waals surface area contributed by atoms with Crippen LogP contribution >= 0.6 is 0 Å². The summed E-state index contributed by atoms with van der Waals surface area (Å²) >= 11 is 0. The van der Waals surface area contributed by atoms with Gasteiger partial charge in [-0.25, -0.2) is 0 Å². The van der Waals surface area contributed by atoms with Crippen LogP contribution in [0.1, 0.15) is 60.5 Å². The van der Waals surface area contributed by atoms with Crippen molar-refractivity contribution in [3.63, 3.8) is 0 Å². The van der Waals surface area contributed by atoms with E-state index in [0.29, 0.717) is 24.0 Å². The SMILES string of the molecule is CC(C)c1cc(N(C)C)c2c(c1O)C(=O)C1=C(O)C3CC(C(N)=O)=C(O)CC3CC1C2. The number of carbonyl (C=O) groups is 2. The second-order valence-electron chi connectivity index (χ2n) is 9.57. The van der Waals surface area contributed by atoms with E-state index < -0.39 is 11.8 Å². The van der Waals surface area contributed by atoms with Gasteiger partial charge in [0, 0.05) is 37.7 Å². The van der Waals surface area contributed by atoms with E-state index in [4.69, 9.17) is 5.73 Å². The van der Waals surface area contributed by atoms with Crippen molar-refractivity contribution in [2.45, 2.75) is 45.4 Å². The van der Waals surface area contributed by atoms with Gasteiger partial charge in [0.25, 0.3) is 0 Å². The minimum Gasteiger partial charge on any atom is -0.512 e. The van der Waals surface area contributed by atoms with Crippen molar-refractivity contribution in [1.29, 1.82) is 0 Å². The Labute approximate surface area is 181 Å². The Morgan fingerprint density at radius 2 is 1.84 bits per heavy atom. The Bertz CT molecular complexity index is 1050. The number of ketones is 1. The number of benzene rings is 1. The predicted octanol–water partition coefficient (Wildman–Crippen LogP) is 3.48. The number of aliphatic hydroxyl groups excluding tert-OH is 2. The zero-order valence-corrected chi connectivity index (χ0v) is 18.4. The van der Waals surface area contributed by atoms with Gasteiger partial charge in [-0.1, -0.05) is 13.8 Å². The second kappa shape index (κ2) is 7.32. The van der Waals surface area contributed by atoms with Gasteiger partial charge in [0.1, 0.15) is 17.3 Å². The molecule has 5 N–H and O–H groups in total. The fourth-order valence-electron chi connectivity index (χ4n) is 5.60. The van der Waals surface area contributed by atoms with Crippen LogP contribution in [0.15, 0.2) is 28.7 Å². The van der Waals surface area contributed by atoms with Crippen molar-refractivity contribution in [3.05, 3.63) is 45.4 Å². The molecule has 7 heteroatoms. The normalized spacial score (nSPS) is 25.3. The first kappa shape index (κ1) is 21.3. The molecule has 0 saturated heterocycles. The Hall–Kier alpha value is -2.96. The molecule has 0 aromatic heterocycles. The summed E-state index contributed by atoms with van der Waals surface area (Å²) in [5.74, 6) is -1.78. The van der Waals surface area contributed by atoms with Crippen LogP contribution in [0.2, 0.25) is 0 Å². The van der Waals surface area contributed by atoms with Crippen LogP contribution in [-0.2, 0) is 11.2 Å². The maximum atomic E-state index is 13.6. The molecule has 0 fully saturated rings. The number of allylic oxidation sites excluding steroid dienone is 3. The van der Waals surface area contributed by atoms with Crippen LogP contribution < -0.4 is 10.6 Å². The number of nitrogens with two attached hydrogens (primary N) is 1. The van der Waals surface area contributed by atoms with Gasteiger partial charge in [-0.3, -0.25) is 9.59 Å². The third kappa shape index (κ3) is 3.18. The van der Waals surface area contributed by atoms with Crippen LogP contribution in [0.3, 0.4) is 0 Å². The molecule has 0 bridgehead atoms. The van der Waals surface area contributed by atoms with Crippen molar-refractivity contribution in [2.75, 3.05) is 19.0 Å². The summed E-state index contributed by atoms with van der Waals surface area (Å²) in [6.45, 7) is 3.93. The highest BCUT2D eigenvalue weighted by Gasteiger charge is 2.47. The highest BCUT2D eigenvalue weighted by atomic mass is 16.3. The number of hydrogen-bond acceptors (Lipinski definition) is 6. The number of nitrogens with zero attached hydrogens (tertiary/aromatic N) is 1. The lowest BCUT2D eigenvalue weighted by Crippen LogP contribution is -2.39. The van der Waals surface area contributed by atoms with Gasteiger partial charge in [-0.15, -0.1) is 0 Å². The van der Waals surface area contributed by atoms with Crippen molar-refractivity contribution < 1.29 is 24.9 Å². The minimum atomic E-state index is -0.703. The Morgan fingerprint density at radius 3 is 2.42 bits per heavy atom. The van der Waals surface area contributed by atoms with Crippen molar-refractivity contribution in [3.8, 4) is 5.75 Å². The maximum Gasteiger partial charge on any atom is 0.248 e. The van der Waals surface area contributed by atoms with Crippen molar-refractivity contribution in [2.24, 2.45) is 23.5 Å². The summed E-state index contributed by atoms with van der Waals surface area (Å²) < 4.78 is 0. The molecule has 0 saturated carbocycles. The number of phenolic OH excluding ortho intramolecular Hbond substituents is 1. The molecule has 166 valence electrons. The molecule has 0 aliphatic heterocycles. The summed E-state index contributed by atoms with van der Waals surface area (Å²) in [6.07, 6.45) is 1.52. The molecule has 0 heterocycles.